The maximum absolute atomic E-state index is 12.5. The largest absolute Gasteiger partial charge is 0.347 e. The van der Waals surface area contributed by atoms with Gasteiger partial charge in [-0.25, -0.2) is 0 Å². The third-order valence-electron chi connectivity index (χ3n) is 4.72. The predicted molar refractivity (Wildman–Crippen MR) is 87.2 cm³/mol. The van der Waals surface area contributed by atoms with Crippen molar-refractivity contribution in [3.63, 3.8) is 0 Å². The minimum Gasteiger partial charge on any atom is -0.347 e. The number of nitrogens with one attached hydrogen (secondary N) is 1. The van der Waals surface area contributed by atoms with Crippen LogP contribution in [0.1, 0.15) is 23.3 Å². The number of amides is 1. The Hall–Kier alpha value is -1.65. The highest BCUT2D eigenvalue weighted by Gasteiger charge is 2.33. The molecule has 2 saturated heterocycles. The molecule has 2 aromatic rings. The van der Waals surface area contributed by atoms with Gasteiger partial charge in [0, 0.05) is 35.7 Å². The van der Waals surface area contributed by atoms with Crippen LogP contribution in [0.3, 0.4) is 0 Å². The van der Waals surface area contributed by atoms with E-state index in [4.69, 9.17) is 11.6 Å². The molecule has 4 rings (SSSR count). The first-order valence-electron chi connectivity index (χ1n) is 7.76. The molecule has 0 radical (unpaired) electrons. The fourth-order valence-corrected chi connectivity index (χ4v) is 3.84. The van der Waals surface area contributed by atoms with Gasteiger partial charge >= 0.3 is 0 Å². The lowest BCUT2D eigenvalue weighted by Gasteiger charge is -2.30. The fraction of sp³-hybridized carbons (Fsp3) is 0.412. The summed E-state index contributed by atoms with van der Waals surface area (Å²) in [7, 11) is 0. The van der Waals surface area contributed by atoms with Crippen LogP contribution in [0.25, 0.3) is 10.8 Å². The van der Waals surface area contributed by atoms with Crippen molar-refractivity contribution in [3.8, 4) is 0 Å². The average Bonchev–Trinajstić information content (AvgIpc) is 2.85. The van der Waals surface area contributed by atoms with Gasteiger partial charge in [0.2, 0.25) is 0 Å². The molecule has 1 aromatic carbocycles. The van der Waals surface area contributed by atoms with Gasteiger partial charge in [0.1, 0.15) is 5.69 Å². The molecule has 1 aromatic heterocycles. The molecular weight excluding hydrogens is 298 g/mol. The summed E-state index contributed by atoms with van der Waals surface area (Å²) in [5, 5.41) is 5.74. The van der Waals surface area contributed by atoms with E-state index in [1.165, 1.54) is 19.5 Å². The second kappa shape index (κ2) is 5.52. The first-order chi connectivity index (χ1) is 10.7. The molecule has 22 heavy (non-hydrogen) atoms. The van der Waals surface area contributed by atoms with Gasteiger partial charge in [0.25, 0.3) is 5.91 Å². The van der Waals surface area contributed by atoms with Gasteiger partial charge in [-0.2, -0.15) is 0 Å². The lowest BCUT2D eigenvalue weighted by Crippen LogP contribution is -2.47. The number of hydrogen-bond donors (Lipinski definition) is 1. The van der Waals surface area contributed by atoms with E-state index in [1.807, 2.05) is 24.3 Å². The van der Waals surface area contributed by atoms with Crippen molar-refractivity contribution < 1.29 is 4.79 Å². The zero-order valence-corrected chi connectivity index (χ0v) is 13.0. The SMILES string of the molecule is O=C(NC1CC2CCN(C2)C1)c1cc2cc(Cl)ccc2cn1. The zero-order chi connectivity index (χ0) is 15.1. The van der Waals surface area contributed by atoms with Crippen molar-refractivity contribution in [2.45, 2.75) is 18.9 Å². The van der Waals surface area contributed by atoms with E-state index in [2.05, 4.69) is 15.2 Å². The quantitative estimate of drug-likeness (QED) is 0.927. The molecule has 2 aliphatic rings. The van der Waals surface area contributed by atoms with Crippen LogP contribution in [0.2, 0.25) is 5.02 Å². The van der Waals surface area contributed by atoms with Crippen molar-refractivity contribution in [1.82, 2.24) is 15.2 Å². The van der Waals surface area contributed by atoms with Gasteiger partial charge in [-0.05, 0) is 48.9 Å². The number of aromatic nitrogens is 1. The average molecular weight is 316 g/mol. The molecule has 0 spiro atoms. The molecule has 4 nitrogen and oxygen atoms in total. The number of fused-ring (bicyclic) bond motifs is 3. The molecule has 2 fully saturated rings. The van der Waals surface area contributed by atoms with Crippen molar-refractivity contribution >= 4 is 28.3 Å². The van der Waals surface area contributed by atoms with Crippen molar-refractivity contribution in [2.75, 3.05) is 19.6 Å². The summed E-state index contributed by atoms with van der Waals surface area (Å²) in [5.41, 5.74) is 0.461. The van der Waals surface area contributed by atoms with E-state index in [9.17, 15) is 4.79 Å². The molecular formula is C17H18ClN3O. The number of hydrogen-bond acceptors (Lipinski definition) is 3. The second-order valence-corrected chi connectivity index (χ2v) is 6.82. The van der Waals surface area contributed by atoms with Crippen LogP contribution in [0.5, 0.6) is 0 Å². The smallest absolute Gasteiger partial charge is 0.270 e. The number of carbonyl (C=O) groups is 1. The maximum Gasteiger partial charge on any atom is 0.270 e. The molecule has 1 amide bonds. The summed E-state index contributed by atoms with van der Waals surface area (Å²) in [6.07, 6.45) is 4.08. The number of piperidine rings is 1. The Morgan fingerprint density at radius 2 is 2.18 bits per heavy atom. The molecule has 0 aliphatic carbocycles. The monoisotopic (exact) mass is 315 g/mol. The van der Waals surface area contributed by atoms with E-state index >= 15 is 0 Å². The summed E-state index contributed by atoms with van der Waals surface area (Å²) in [5.74, 6) is 0.650. The fourth-order valence-electron chi connectivity index (χ4n) is 3.66. The highest BCUT2D eigenvalue weighted by atomic mass is 35.5. The number of carbonyl (C=O) groups excluding carboxylic acids is 1. The van der Waals surface area contributed by atoms with E-state index in [1.54, 1.807) is 6.20 Å². The minimum absolute atomic E-state index is 0.0885. The Labute approximate surface area is 134 Å². The molecule has 3 atom stereocenters. The highest BCUT2D eigenvalue weighted by Crippen LogP contribution is 2.27. The first-order valence-corrected chi connectivity index (χ1v) is 8.14. The van der Waals surface area contributed by atoms with Crippen LogP contribution in [-0.4, -0.2) is 41.5 Å². The van der Waals surface area contributed by atoms with Gasteiger partial charge in [-0.15, -0.1) is 0 Å². The van der Waals surface area contributed by atoms with E-state index in [0.29, 0.717) is 10.7 Å². The van der Waals surface area contributed by atoms with Crippen LogP contribution in [0.15, 0.2) is 30.5 Å². The molecule has 0 saturated carbocycles. The summed E-state index contributed by atoms with van der Waals surface area (Å²) in [4.78, 5) is 19.2. The molecule has 3 unspecified atom stereocenters. The standard InChI is InChI=1S/C17H18ClN3O/c18-14-2-1-12-8-19-16(7-13(12)6-14)17(22)20-15-5-11-3-4-21(9-11)10-15/h1-2,6-8,11,15H,3-5,9-10H2,(H,20,22). The number of pyridine rings is 1. The summed E-state index contributed by atoms with van der Waals surface area (Å²) in [6.45, 7) is 3.32. The summed E-state index contributed by atoms with van der Waals surface area (Å²) < 4.78 is 0. The molecule has 1 N–H and O–H groups in total. The molecule has 2 bridgehead atoms. The topological polar surface area (TPSA) is 45.2 Å². The Kier molecular flexibility index (Phi) is 3.51. The maximum atomic E-state index is 12.5. The molecule has 5 heteroatoms. The molecule has 114 valence electrons. The Morgan fingerprint density at radius 1 is 1.27 bits per heavy atom. The zero-order valence-electron chi connectivity index (χ0n) is 12.3. The highest BCUT2D eigenvalue weighted by molar-refractivity contribution is 6.31. The van der Waals surface area contributed by atoms with Gasteiger partial charge in [0.15, 0.2) is 0 Å². The third-order valence-corrected chi connectivity index (χ3v) is 4.95. The predicted octanol–water partition coefficient (Wildman–Crippen LogP) is 2.71. The summed E-state index contributed by atoms with van der Waals surface area (Å²) in [6, 6.07) is 7.66. The lowest BCUT2D eigenvalue weighted by atomic mass is 9.97. The minimum atomic E-state index is -0.0885. The normalized spacial score (nSPS) is 27.0. The molecule has 2 aliphatic heterocycles. The van der Waals surface area contributed by atoms with Crippen molar-refractivity contribution in [2.24, 2.45) is 5.92 Å². The van der Waals surface area contributed by atoms with E-state index < -0.39 is 0 Å². The van der Waals surface area contributed by atoms with Crippen LogP contribution in [0.4, 0.5) is 0 Å². The van der Waals surface area contributed by atoms with Gasteiger partial charge in [-0.1, -0.05) is 17.7 Å². The number of nitrogens with zero attached hydrogens (tertiary/aromatic N) is 2. The third kappa shape index (κ3) is 2.69. The number of benzene rings is 1. The van der Waals surface area contributed by atoms with E-state index in [0.717, 1.165) is 29.7 Å². The van der Waals surface area contributed by atoms with Crippen LogP contribution in [0, 0.1) is 5.92 Å². The summed E-state index contributed by atoms with van der Waals surface area (Å²) >= 11 is 6.02. The second-order valence-electron chi connectivity index (χ2n) is 6.38. The molecule has 3 heterocycles. The van der Waals surface area contributed by atoms with Crippen molar-refractivity contribution in [3.05, 3.63) is 41.2 Å². The Morgan fingerprint density at radius 3 is 3.05 bits per heavy atom. The van der Waals surface area contributed by atoms with Crippen LogP contribution >= 0.6 is 11.6 Å². The Balaban J connectivity index is 1.52. The lowest BCUT2D eigenvalue weighted by molar-refractivity contribution is 0.0904. The van der Waals surface area contributed by atoms with Crippen molar-refractivity contribution in [1.29, 1.82) is 0 Å². The van der Waals surface area contributed by atoms with Crippen LogP contribution in [-0.2, 0) is 0 Å². The van der Waals surface area contributed by atoms with Gasteiger partial charge in [-0.3, -0.25) is 9.78 Å². The van der Waals surface area contributed by atoms with E-state index in [-0.39, 0.29) is 11.9 Å². The van der Waals surface area contributed by atoms with Crippen LogP contribution < -0.4 is 5.32 Å². The number of rotatable bonds is 2. The first kappa shape index (κ1) is 14.0. The number of halogens is 1. The van der Waals surface area contributed by atoms with Gasteiger partial charge < -0.3 is 10.2 Å². The van der Waals surface area contributed by atoms with Gasteiger partial charge in [0.05, 0.1) is 0 Å². The Bertz CT molecular complexity index is 721.